The largest absolute Gasteiger partial charge is 0.106 e. The molecule has 0 aromatic rings. The van der Waals surface area contributed by atoms with Crippen LogP contribution in [0.2, 0.25) is 0 Å². The van der Waals surface area contributed by atoms with E-state index in [0.717, 1.165) is 6.42 Å². The van der Waals surface area contributed by atoms with Gasteiger partial charge in [0.25, 0.3) is 0 Å². The van der Waals surface area contributed by atoms with Crippen LogP contribution in [0.1, 0.15) is 51.9 Å². The lowest BCUT2D eigenvalue weighted by molar-refractivity contribution is 0.611. The van der Waals surface area contributed by atoms with Crippen LogP contribution >= 0.6 is 0 Å². The first-order valence-corrected chi connectivity index (χ1v) is 6.53. The fourth-order valence-electron chi connectivity index (χ4n) is 1.39. The summed E-state index contributed by atoms with van der Waals surface area (Å²) in [6, 6.07) is 0. The minimum atomic E-state index is 1.10. The van der Waals surface area contributed by atoms with Gasteiger partial charge in [-0.3, -0.25) is 0 Å². The van der Waals surface area contributed by atoms with E-state index in [1.165, 1.54) is 38.5 Å². The van der Waals surface area contributed by atoms with Gasteiger partial charge in [-0.2, -0.15) is 0 Å². The van der Waals surface area contributed by atoms with Crippen molar-refractivity contribution in [1.82, 2.24) is 0 Å². The predicted molar refractivity (Wildman–Crippen MR) is 79.3 cm³/mol. The van der Waals surface area contributed by atoms with Crippen LogP contribution in [-0.4, -0.2) is 0 Å². The van der Waals surface area contributed by atoms with E-state index >= 15 is 0 Å². The maximum atomic E-state index is 4.94. The van der Waals surface area contributed by atoms with Crippen molar-refractivity contribution in [2.75, 3.05) is 0 Å². The van der Waals surface area contributed by atoms with Crippen molar-refractivity contribution < 1.29 is 0 Å². The lowest BCUT2D eigenvalue weighted by Gasteiger charge is -1.96. The molecular formula is C18H20. The quantitative estimate of drug-likeness (QED) is 0.464. The van der Waals surface area contributed by atoms with Gasteiger partial charge < -0.3 is 0 Å². The zero-order chi connectivity index (χ0) is 13.3. The van der Waals surface area contributed by atoms with Crippen LogP contribution in [0, 0.1) is 47.9 Å². The summed E-state index contributed by atoms with van der Waals surface area (Å²) in [6.07, 6.45) is 18.0. The molecule has 0 spiro atoms. The Morgan fingerprint density at radius 3 is 2.28 bits per heavy atom. The van der Waals surface area contributed by atoms with Crippen LogP contribution in [-0.2, 0) is 0 Å². The average molecular weight is 236 g/mol. The summed E-state index contributed by atoms with van der Waals surface area (Å²) in [5.74, 6) is 17.8. The van der Waals surface area contributed by atoms with Crippen molar-refractivity contribution in [3.63, 3.8) is 0 Å². The maximum Gasteiger partial charge on any atom is -0.0000227 e. The van der Waals surface area contributed by atoms with E-state index in [9.17, 15) is 0 Å². The Kier molecular flexibility index (Phi) is 13.3. The Labute approximate surface area is 112 Å². The van der Waals surface area contributed by atoms with Crippen molar-refractivity contribution in [3.8, 4) is 47.9 Å². The molecular weight excluding hydrogens is 216 g/mol. The first-order chi connectivity index (χ1) is 8.91. The molecule has 0 heterocycles. The van der Waals surface area contributed by atoms with E-state index < -0.39 is 0 Å². The van der Waals surface area contributed by atoms with Crippen LogP contribution in [0.4, 0.5) is 0 Å². The van der Waals surface area contributed by atoms with Gasteiger partial charge in [0.1, 0.15) is 0 Å². The third-order valence-electron chi connectivity index (χ3n) is 2.32. The molecule has 0 aliphatic rings. The Hall–Kier alpha value is -2.02. The first-order valence-electron chi connectivity index (χ1n) is 6.53. The zero-order valence-corrected chi connectivity index (χ0v) is 11.2. The number of unbranched alkanes of at least 4 members (excludes halogenated alkanes) is 6. The van der Waals surface area contributed by atoms with Gasteiger partial charge in [-0.15, -0.1) is 6.42 Å². The van der Waals surface area contributed by atoms with Gasteiger partial charge in [0.2, 0.25) is 0 Å². The molecule has 0 aromatic heterocycles. The summed E-state index contributed by atoms with van der Waals surface area (Å²) < 4.78 is 0. The minimum Gasteiger partial charge on any atom is -0.106 e. The van der Waals surface area contributed by atoms with E-state index in [4.69, 9.17) is 6.42 Å². The van der Waals surface area contributed by atoms with Crippen LogP contribution in [0.25, 0.3) is 0 Å². The van der Waals surface area contributed by atoms with Crippen molar-refractivity contribution >= 4 is 0 Å². The van der Waals surface area contributed by atoms with Crippen LogP contribution in [0.15, 0.2) is 12.2 Å². The van der Waals surface area contributed by atoms with Gasteiger partial charge in [0.15, 0.2) is 0 Å². The Morgan fingerprint density at radius 1 is 0.833 bits per heavy atom. The van der Waals surface area contributed by atoms with Crippen molar-refractivity contribution in [2.24, 2.45) is 0 Å². The van der Waals surface area contributed by atoms with E-state index in [1.54, 1.807) is 0 Å². The molecule has 0 atom stereocenters. The third kappa shape index (κ3) is 14.0. The summed E-state index contributed by atoms with van der Waals surface area (Å²) in [7, 11) is 0. The molecule has 0 nitrogen and oxygen atoms in total. The predicted octanol–water partition coefficient (Wildman–Crippen LogP) is 3.94. The Morgan fingerprint density at radius 2 is 1.50 bits per heavy atom. The second-order valence-corrected chi connectivity index (χ2v) is 3.87. The number of hydrogen-bond donors (Lipinski definition) is 0. The smallest absolute Gasteiger partial charge is 0.0000227 e. The van der Waals surface area contributed by atoms with Crippen molar-refractivity contribution in [2.45, 2.75) is 51.9 Å². The minimum absolute atomic E-state index is 1.10. The maximum absolute atomic E-state index is 4.94. The van der Waals surface area contributed by atoms with E-state index in [0.29, 0.717) is 0 Å². The molecule has 0 N–H and O–H groups in total. The van der Waals surface area contributed by atoms with E-state index in [1.807, 2.05) is 6.08 Å². The standard InChI is InChI=1S/C18H20/c1-3-5-7-9-11-13-15-17-18-16-14-12-10-8-6-4-2/h1,17-18H,4,6,8,10,12,14,16H2,2H3/b18-17-. The van der Waals surface area contributed by atoms with Crippen molar-refractivity contribution in [1.29, 1.82) is 0 Å². The van der Waals surface area contributed by atoms with E-state index in [2.05, 4.69) is 54.4 Å². The molecule has 0 unspecified atom stereocenters. The summed E-state index contributed by atoms with van der Waals surface area (Å²) in [5, 5.41) is 0. The third-order valence-corrected chi connectivity index (χ3v) is 2.32. The molecule has 0 bridgehead atoms. The molecule has 0 radical (unpaired) electrons. The molecule has 0 amide bonds. The second kappa shape index (κ2) is 15.0. The number of hydrogen-bond acceptors (Lipinski definition) is 0. The summed E-state index contributed by atoms with van der Waals surface area (Å²) in [6.45, 7) is 2.24. The lowest BCUT2D eigenvalue weighted by atomic mass is 10.1. The van der Waals surface area contributed by atoms with Crippen LogP contribution in [0.5, 0.6) is 0 Å². The molecule has 0 heteroatoms. The fourth-order valence-corrected chi connectivity index (χ4v) is 1.39. The van der Waals surface area contributed by atoms with Crippen LogP contribution in [0.3, 0.4) is 0 Å². The SMILES string of the molecule is C#CC#CC#CC#C/C=C\CCCCCCCC. The van der Waals surface area contributed by atoms with Crippen molar-refractivity contribution in [3.05, 3.63) is 12.2 Å². The topological polar surface area (TPSA) is 0 Å². The zero-order valence-electron chi connectivity index (χ0n) is 11.2. The number of allylic oxidation sites excluding steroid dienone is 2. The second-order valence-electron chi connectivity index (χ2n) is 3.87. The Bertz CT molecular complexity index is 438. The van der Waals surface area contributed by atoms with Gasteiger partial charge >= 0.3 is 0 Å². The normalized spacial score (nSPS) is 8.22. The van der Waals surface area contributed by atoms with Gasteiger partial charge in [-0.05, 0) is 54.4 Å². The molecule has 0 aliphatic carbocycles. The molecule has 18 heavy (non-hydrogen) atoms. The highest BCUT2D eigenvalue weighted by atomic mass is 13.9. The van der Waals surface area contributed by atoms with Gasteiger partial charge in [-0.25, -0.2) is 0 Å². The highest BCUT2D eigenvalue weighted by Crippen LogP contribution is 2.06. The number of terminal acetylenes is 1. The Balaban J connectivity index is 3.51. The molecule has 0 aromatic carbocycles. The summed E-state index contributed by atoms with van der Waals surface area (Å²) in [5.41, 5.74) is 0. The van der Waals surface area contributed by atoms with Crippen LogP contribution < -0.4 is 0 Å². The molecule has 0 rings (SSSR count). The van der Waals surface area contributed by atoms with E-state index in [-0.39, 0.29) is 0 Å². The highest BCUT2D eigenvalue weighted by Gasteiger charge is 1.87. The van der Waals surface area contributed by atoms with Gasteiger partial charge in [-0.1, -0.05) is 51.0 Å². The molecule has 0 fully saturated rings. The average Bonchev–Trinajstić information content (AvgIpc) is 2.39. The van der Waals surface area contributed by atoms with Gasteiger partial charge in [0.05, 0.1) is 0 Å². The lowest BCUT2D eigenvalue weighted by Crippen LogP contribution is -1.77. The summed E-state index contributed by atoms with van der Waals surface area (Å²) >= 11 is 0. The molecule has 0 saturated carbocycles. The fraction of sp³-hybridized carbons (Fsp3) is 0.444. The molecule has 0 aliphatic heterocycles. The highest BCUT2D eigenvalue weighted by molar-refractivity contribution is 5.40. The molecule has 92 valence electrons. The monoisotopic (exact) mass is 236 g/mol. The first kappa shape index (κ1) is 16.0. The molecule has 0 saturated heterocycles. The summed E-state index contributed by atoms with van der Waals surface area (Å²) in [4.78, 5) is 0. The number of rotatable bonds is 7. The van der Waals surface area contributed by atoms with Gasteiger partial charge in [0, 0.05) is 0 Å².